The maximum absolute atomic E-state index is 11.2. The maximum Gasteiger partial charge on any atom is 0.309 e. The number of anilines is 1. The number of carboxylic acids is 1. The van der Waals surface area contributed by atoms with Gasteiger partial charge in [0.25, 0.3) is 0 Å². The van der Waals surface area contributed by atoms with Crippen molar-refractivity contribution in [3.05, 3.63) is 29.8 Å². The van der Waals surface area contributed by atoms with Crippen LogP contribution in [0.1, 0.15) is 25.3 Å². The molecule has 0 aromatic heterocycles. The molecule has 1 fully saturated rings. The Morgan fingerprint density at radius 2 is 2.11 bits per heavy atom. The van der Waals surface area contributed by atoms with Crippen LogP contribution in [-0.4, -0.2) is 24.2 Å². The van der Waals surface area contributed by atoms with Gasteiger partial charge < -0.3 is 10.0 Å². The molecule has 2 rings (SSSR count). The zero-order valence-electron chi connectivity index (χ0n) is 10.4. The first-order valence-electron chi connectivity index (χ1n) is 6.04. The zero-order valence-corrected chi connectivity index (χ0v) is 10.4. The van der Waals surface area contributed by atoms with E-state index >= 15 is 0 Å². The van der Waals surface area contributed by atoms with E-state index in [-0.39, 0.29) is 0 Å². The third kappa shape index (κ3) is 2.30. The van der Waals surface area contributed by atoms with E-state index in [2.05, 4.69) is 11.0 Å². The number of aliphatic carboxylic acids is 1. The zero-order chi connectivity index (χ0) is 13.2. The Hall–Kier alpha value is -2.02. The summed E-state index contributed by atoms with van der Waals surface area (Å²) in [5, 5.41) is 18.0. The Bertz CT molecular complexity index is 497. The monoisotopic (exact) mass is 244 g/mol. The summed E-state index contributed by atoms with van der Waals surface area (Å²) < 4.78 is 0. The number of piperidine rings is 1. The first-order chi connectivity index (χ1) is 8.55. The van der Waals surface area contributed by atoms with Crippen LogP contribution in [0.4, 0.5) is 5.69 Å². The van der Waals surface area contributed by atoms with Gasteiger partial charge in [-0.2, -0.15) is 5.26 Å². The minimum Gasteiger partial charge on any atom is -0.481 e. The average Bonchev–Trinajstić information content (AvgIpc) is 2.39. The molecule has 1 aromatic carbocycles. The summed E-state index contributed by atoms with van der Waals surface area (Å²) in [6, 6.07) is 9.57. The van der Waals surface area contributed by atoms with Crippen molar-refractivity contribution in [3.63, 3.8) is 0 Å². The van der Waals surface area contributed by atoms with Crippen LogP contribution in [0.15, 0.2) is 24.3 Å². The van der Waals surface area contributed by atoms with Gasteiger partial charge in [0.15, 0.2) is 0 Å². The molecule has 0 unspecified atom stereocenters. The molecule has 0 aliphatic carbocycles. The minimum atomic E-state index is -0.715. The number of nitriles is 1. The smallest absolute Gasteiger partial charge is 0.309 e. The van der Waals surface area contributed by atoms with Gasteiger partial charge >= 0.3 is 5.97 Å². The first kappa shape index (κ1) is 12.4. The molecule has 18 heavy (non-hydrogen) atoms. The van der Waals surface area contributed by atoms with Gasteiger partial charge in [-0.05, 0) is 38.0 Å². The second kappa shape index (κ2) is 4.69. The van der Waals surface area contributed by atoms with E-state index in [4.69, 9.17) is 5.26 Å². The second-order valence-corrected chi connectivity index (χ2v) is 5.01. The molecule has 0 saturated carbocycles. The molecule has 0 radical (unpaired) electrons. The van der Waals surface area contributed by atoms with Crippen molar-refractivity contribution in [1.82, 2.24) is 0 Å². The molecular formula is C14H16N2O2. The molecular weight excluding hydrogens is 228 g/mol. The fourth-order valence-corrected chi connectivity index (χ4v) is 2.24. The summed E-state index contributed by atoms with van der Waals surface area (Å²) >= 11 is 0. The lowest BCUT2D eigenvalue weighted by molar-refractivity contribution is -0.149. The van der Waals surface area contributed by atoms with Crippen LogP contribution < -0.4 is 4.90 Å². The summed E-state index contributed by atoms with van der Waals surface area (Å²) in [5.74, 6) is -0.715. The van der Waals surface area contributed by atoms with Crippen LogP contribution in [0.3, 0.4) is 0 Å². The molecule has 1 heterocycles. The highest BCUT2D eigenvalue weighted by atomic mass is 16.4. The van der Waals surface area contributed by atoms with E-state index in [1.54, 1.807) is 13.0 Å². The van der Waals surface area contributed by atoms with Gasteiger partial charge in [-0.25, -0.2) is 0 Å². The maximum atomic E-state index is 11.2. The van der Waals surface area contributed by atoms with Gasteiger partial charge in [0.05, 0.1) is 17.0 Å². The van der Waals surface area contributed by atoms with Gasteiger partial charge in [0.2, 0.25) is 0 Å². The van der Waals surface area contributed by atoms with Gasteiger partial charge in [-0.15, -0.1) is 0 Å². The second-order valence-electron chi connectivity index (χ2n) is 5.01. The van der Waals surface area contributed by atoms with Crippen LogP contribution in [0.2, 0.25) is 0 Å². The van der Waals surface area contributed by atoms with Gasteiger partial charge in [0, 0.05) is 18.8 Å². The number of nitrogens with zero attached hydrogens (tertiary/aromatic N) is 2. The molecule has 4 heteroatoms. The third-order valence-corrected chi connectivity index (χ3v) is 3.72. The molecule has 1 N–H and O–H groups in total. The molecule has 0 atom stereocenters. The van der Waals surface area contributed by atoms with Crippen molar-refractivity contribution < 1.29 is 9.90 Å². The summed E-state index contributed by atoms with van der Waals surface area (Å²) in [5.41, 5.74) is 1.03. The molecule has 0 spiro atoms. The lowest BCUT2D eigenvalue weighted by Gasteiger charge is -2.37. The van der Waals surface area contributed by atoms with Crippen molar-refractivity contribution in [3.8, 4) is 6.07 Å². The topological polar surface area (TPSA) is 64.3 Å². The number of carboxylic acid groups (broad SMARTS) is 1. The Balaban J connectivity index is 2.10. The van der Waals surface area contributed by atoms with Crippen molar-refractivity contribution >= 4 is 11.7 Å². The SMILES string of the molecule is CC1(C(=O)O)CCN(c2cccc(C#N)c2)CC1. The van der Waals surface area contributed by atoms with E-state index in [1.807, 2.05) is 18.2 Å². The normalized spacial score (nSPS) is 18.1. The van der Waals surface area contributed by atoms with Crippen LogP contribution in [0, 0.1) is 16.7 Å². The molecule has 0 amide bonds. The number of rotatable bonds is 2. The summed E-state index contributed by atoms with van der Waals surface area (Å²) in [4.78, 5) is 13.3. The third-order valence-electron chi connectivity index (χ3n) is 3.72. The summed E-state index contributed by atoms with van der Waals surface area (Å²) in [7, 11) is 0. The van der Waals surface area contributed by atoms with Gasteiger partial charge in [0.1, 0.15) is 0 Å². The Kier molecular flexibility index (Phi) is 3.24. The largest absolute Gasteiger partial charge is 0.481 e. The van der Waals surface area contributed by atoms with E-state index in [0.29, 0.717) is 18.4 Å². The van der Waals surface area contributed by atoms with E-state index in [9.17, 15) is 9.90 Å². The predicted molar refractivity (Wildman–Crippen MR) is 68.3 cm³/mol. The highest BCUT2D eigenvalue weighted by molar-refractivity contribution is 5.74. The Morgan fingerprint density at radius 3 is 2.67 bits per heavy atom. The van der Waals surface area contributed by atoms with Gasteiger partial charge in [-0.3, -0.25) is 4.79 Å². The van der Waals surface area contributed by atoms with Crippen molar-refractivity contribution in [2.45, 2.75) is 19.8 Å². The standard InChI is InChI=1S/C14H16N2O2/c1-14(13(17)18)5-7-16(8-6-14)12-4-2-3-11(9-12)10-15/h2-4,9H,5-8H2,1H3,(H,17,18). The quantitative estimate of drug-likeness (QED) is 0.866. The van der Waals surface area contributed by atoms with E-state index in [0.717, 1.165) is 18.8 Å². The number of hydrogen-bond acceptors (Lipinski definition) is 3. The molecule has 1 aromatic rings. The lowest BCUT2D eigenvalue weighted by atomic mass is 9.80. The minimum absolute atomic E-state index is 0.608. The van der Waals surface area contributed by atoms with Crippen LogP contribution in [-0.2, 0) is 4.79 Å². The summed E-state index contributed by atoms with van der Waals surface area (Å²) in [6.45, 7) is 3.24. The number of benzene rings is 1. The van der Waals surface area contributed by atoms with Crippen molar-refractivity contribution in [2.24, 2.45) is 5.41 Å². The average molecular weight is 244 g/mol. The molecule has 1 aliphatic heterocycles. The van der Waals surface area contributed by atoms with E-state index < -0.39 is 11.4 Å². The molecule has 1 aliphatic rings. The molecule has 4 nitrogen and oxygen atoms in total. The molecule has 0 bridgehead atoms. The first-order valence-corrected chi connectivity index (χ1v) is 6.04. The lowest BCUT2D eigenvalue weighted by Crippen LogP contribution is -2.42. The van der Waals surface area contributed by atoms with Crippen molar-refractivity contribution in [2.75, 3.05) is 18.0 Å². The predicted octanol–water partition coefficient (Wildman–Crippen LogP) is 2.25. The Morgan fingerprint density at radius 1 is 1.44 bits per heavy atom. The van der Waals surface area contributed by atoms with Gasteiger partial charge in [-0.1, -0.05) is 6.07 Å². The Labute approximate surface area is 106 Å². The fraction of sp³-hybridized carbons (Fsp3) is 0.429. The number of carbonyl (C=O) groups is 1. The van der Waals surface area contributed by atoms with Crippen molar-refractivity contribution in [1.29, 1.82) is 5.26 Å². The highest BCUT2D eigenvalue weighted by Gasteiger charge is 2.36. The number of hydrogen-bond donors (Lipinski definition) is 1. The molecule has 1 saturated heterocycles. The highest BCUT2D eigenvalue weighted by Crippen LogP contribution is 2.33. The fourth-order valence-electron chi connectivity index (χ4n) is 2.24. The van der Waals surface area contributed by atoms with E-state index in [1.165, 1.54) is 0 Å². The van der Waals surface area contributed by atoms with Crippen LogP contribution in [0.25, 0.3) is 0 Å². The summed E-state index contributed by atoms with van der Waals surface area (Å²) in [6.07, 6.45) is 1.28. The van der Waals surface area contributed by atoms with Crippen LogP contribution in [0.5, 0.6) is 0 Å². The molecule has 94 valence electrons. The van der Waals surface area contributed by atoms with Crippen LogP contribution >= 0.6 is 0 Å².